The molecule has 0 saturated carbocycles. The number of aliphatic imine (C=N–C) groups is 1. The predicted octanol–water partition coefficient (Wildman–Crippen LogP) is 2.94. The zero-order valence-electron chi connectivity index (χ0n) is 14.5. The molecule has 0 amide bonds. The topological polar surface area (TPSA) is 61.3 Å². The van der Waals surface area contributed by atoms with Crippen LogP contribution in [-0.4, -0.2) is 36.6 Å². The molecule has 0 spiro atoms. The van der Waals surface area contributed by atoms with Gasteiger partial charge in [0.1, 0.15) is 5.01 Å². The highest BCUT2D eigenvalue weighted by Gasteiger charge is 2.08. The largest absolute Gasteiger partial charge is 0.355 e. The summed E-state index contributed by atoms with van der Waals surface area (Å²) in [7, 11) is 1.79. The zero-order chi connectivity index (χ0) is 15.9. The molecule has 0 fully saturated rings. The van der Waals surface area contributed by atoms with Gasteiger partial charge in [-0.3, -0.25) is 4.99 Å². The predicted molar refractivity (Wildman–Crippen MR) is 108 cm³/mol. The number of thiazole rings is 1. The number of nitrogens with zero attached hydrogens (tertiary/aromatic N) is 2. The standard InChI is InChI=1S/C15H29N5S.HI/c1-11(2)12-10-21-13(20-12)9-18-14(16-6)17-7-8-19-15(3,4)5;/h10-11,19H,7-9H2,1-6H3,(H2,16,17,18);1H. The van der Waals surface area contributed by atoms with Crippen molar-refractivity contribution in [3.63, 3.8) is 0 Å². The minimum absolute atomic E-state index is 0. The molecule has 0 aromatic carbocycles. The maximum atomic E-state index is 4.61. The Bertz CT molecular complexity index is 451. The van der Waals surface area contributed by atoms with Crippen molar-refractivity contribution in [2.45, 2.75) is 52.6 Å². The highest BCUT2D eigenvalue weighted by Crippen LogP contribution is 2.17. The van der Waals surface area contributed by atoms with Crippen molar-refractivity contribution in [3.05, 3.63) is 16.1 Å². The molecule has 0 bridgehead atoms. The molecule has 0 aliphatic carbocycles. The van der Waals surface area contributed by atoms with E-state index < -0.39 is 0 Å². The lowest BCUT2D eigenvalue weighted by atomic mass is 10.1. The maximum absolute atomic E-state index is 4.61. The van der Waals surface area contributed by atoms with E-state index in [9.17, 15) is 0 Å². The molecular formula is C15H30IN5S. The molecule has 1 rings (SSSR count). The summed E-state index contributed by atoms with van der Waals surface area (Å²) >= 11 is 1.69. The first kappa shape index (κ1) is 21.6. The van der Waals surface area contributed by atoms with Gasteiger partial charge in [-0.15, -0.1) is 35.3 Å². The Kier molecular flexibility index (Phi) is 10.2. The molecule has 0 unspecified atom stereocenters. The van der Waals surface area contributed by atoms with E-state index in [0.29, 0.717) is 12.5 Å². The third-order valence-corrected chi connectivity index (χ3v) is 3.73. The van der Waals surface area contributed by atoms with Crippen LogP contribution in [0, 0.1) is 0 Å². The Labute approximate surface area is 155 Å². The Morgan fingerprint density at radius 3 is 2.45 bits per heavy atom. The average molecular weight is 439 g/mol. The van der Waals surface area contributed by atoms with Gasteiger partial charge >= 0.3 is 0 Å². The molecule has 7 heteroatoms. The van der Waals surface area contributed by atoms with Crippen LogP contribution in [0.15, 0.2) is 10.4 Å². The first-order valence-corrected chi connectivity index (χ1v) is 8.33. The Hall–Kier alpha value is -0.410. The normalized spacial score (nSPS) is 12.2. The lowest BCUT2D eigenvalue weighted by molar-refractivity contribution is 0.428. The number of nitrogens with one attached hydrogen (secondary N) is 3. The fourth-order valence-electron chi connectivity index (χ4n) is 1.67. The molecule has 1 aromatic rings. The highest BCUT2D eigenvalue weighted by molar-refractivity contribution is 14.0. The van der Waals surface area contributed by atoms with E-state index in [1.54, 1.807) is 18.4 Å². The van der Waals surface area contributed by atoms with Crippen molar-refractivity contribution >= 4 is 41.3 Å². The van der Waals surface area contributed by atoms with Gasteiger partial charge in [0.05, 0.1) is 12.2 Å². The number of aromatic nitrogens is 1. The minimum atomic E-state index is 0. The van der Waals surface area contributed by atoms with E-state index in [1.807, 2.05) is 0 Å². The number of hydrogen-bond donors (Lipinski definition) is 3. The summed E-state index contributed by atoms with van der Waals surface area (Å²) in [4.78, 5) is 8.83. The van der Waals surface area contributed by atoms with Crippen molar-refractivity contribution in [1.82, 2.24) is 20.9 Å². The number of halogens is 1. The van der Waals surface area contributed by atoms with Gasteiger partial charge in [0.2, 0.25) is 0 Å². The molecule has 5 nitrogen and oxygen atoms in total. The van der Waals surface area contributed by atoms with Gasteiger partial charge in [0.15, 0.2) is 5.96 Å². The maximum Gasteiger partial charge on any atom is 0.191 e. The SMILES string of the molecule is CN=C(NCCNC(C)(C)C)NCc1nc(C(C)C)cs1.I. The molecule has 1 aromatic heterocycles. The van der Waals surface area contributed by atoms with Crippen molar-refractivity contribution in [3.8, 4) is 0 Å². The van der Waals surface area contributed by atoms with Crippen molar-refractivity contribution in [1.29, 1.82) is 0 Å². The summed E-state index contributed by atoms with van der Waals surface area (Å²) < 4.78 is 0. The van der Waals surface area contributed by atoms with Crippen LogP contribution in [0.25, 0.3) is 0 Å². The zero-order valence-corrected chi connectivity index (χ0v) is 17.6. The van der Waals surface area contributed by atoms with Gasteiger partial charge in [-0.1, -0.05) is 13.8 Å². The Balaban J connectivity index is 0.00000441. The molecule has 22 heavy (non-hydrogen) atoms. The summed E-state index contributed by atoms with van der Waals surface area (Å²) in [5.74, 6) is 1.29. The van der Waals surface area contributed by atoms with E-state index in [2.05, 4.69) is 65.9 Å². The summed E-state index contributed by atoms with van der Waals surface area (Å²) in [5, 5.41) is 13.2. The van der Waals surface area contributed by atoms with E-state index in [1.165, 1.54) is 0 Å². The van der Waals surface area contributed by atoms with Gasteiger partial charge in [-0.2, -0.15) is 0 Å². The second kappa shape index (κ2) is 10.4. The smallest absolute Gasteiger partial charge is 0.191 e. The highest BCUT2D eigenvalue weighted by atomic mass is 127. The van der Waals surface area contributed by atoms with Crippen LogP contribution in [0.5, 0.6) is 0 Å². The molecule has 1 heterocycles. The van der Waals surface area contributed by atoms with Crippen molar-refractivity contribution < 1.29 is 0 Å². The molecule has 0 aliphatic heterocycles. The van der Waals surface area contributed by atoms with E-state index in [-0.39, 0.29) is 29.5 Å². The van der Waals surface area contributed by atoms with Crippen LogP contribution < -0.4 is 16.0 Å². The third kappa shape index (κ3) is 8.89. The fourth-order valence-corrected chi connectivity index (χ4v) is 2.57. The van der Waals surface area contributed by atoms with Crippen LogP contribution in [0.2, 0.25) is 0 Å². The molecule has 128 valence electrons. The molecule has 0 radical (unpaired) electrons. The number of hydrogen-bond acceptors (Lipinski definition) is 4. The van der Waals surface area contributed by atoms with Crippen LogP contribution in [0.3, 0.4) is 0 Å². The van der Waals surface area contributed by atoms with Crippen molar-refractivity contribution in [2.24, 2.45) is 4.99 Å². The van der Waals surface area contributed by atoms with E-state index in [4.69, 9.17) is 0 Å². The molecular weight excluding hydrogens is 409 g/mol. The quantitative estimate of drug-likeness (QED) is 0.276. The number of guanidine groups is 1. The molecule has 0 aliphatic rings. The second-order valence-corrected chi connectivity index (χ2v) is 7.29. The van der Waals surface area contributed by atoms with Crippen LogP contribution in [-0.2, 0) is 6.54 Å². The fraction of sp³-hybridized carbons (Fsp3) is 0.733. The third-order valence-electron chi connectivity index (χ3n) is 2.86. The van der Waals surface area contributed by atoms with Gasteiger partial charge in [-0.05, 0) is 26.7 Å². The molecule has 0 saturated heterocycles. The first-order valence-electron chi connectivity index (χ1n) is 7.45. The first-order chi connectivity index (χ1) is 9.81. The van der Waals surface area contributed by atoms with Crippen LogP contribution in [0.1, 0.15) is 51.2 Å². The molecule has 0 atom stereocenters. The minimum Gasteiger partial charge on any atom is -0.355 e. The van der Waals surface area contributed by atoms with Gasteiger partial charge in [0, 0.05) is 31.1 Å². The van der Waals surface area contributed by atoms with E-state index >= 15 is 0 Å². The Morgan fingerprint density at radius 2 is 1.95 bits per heavy atom. The summed E-state index contributed by atoms with van der Waals surface area (Å²) in [6.45, 7) is 13.3. The monoisotopic (exact) mass is 439 g/mol. The van der Waals surface area contributed by atoms with Crippen molar-refractivity contribution in [2.75, 3.05) is 20.1 Å². The number of rotatable bonds is 6. The summed E-state index contributed by atoms with van der Waals surface area (Å²) in [6.07, 6.45) is 0. The van der Waals surface area contributed by atoms with Gasteiger partial charge in [0.25, 0.3) is 0 Å². The lowest BCUT2D eigenvalue weighted by Gasteiger charge is -2.21. The summed E-state index contributed by atoms with van der Waals surface area (Å²) in [5.41, 5.74) is 1.31. The van der Waals surface area contributed by atoms with Gasteiger partial charge in [-0.25, -0.2) is 4.98 Å². The van der Waals surface area contributed by atoms with Gasteiger partial charge < -0.3 is 16.0 Å². The lowest BCUT2D eigenvalue weighted by Crippen LogP contribution is -2.44. The molecule has 3 N–H and O–H groups in total. The average Bonchev–Trinajstić information content (AvgIpc) is 2.85. The Morgan fingerprint density at radius 1 is 1.27 bits per heavy atom. The summed E-state index contributed by atoms with van der Waals surface area (Å²) in [6, 6.07) is 0. The van der Waals surface area contributed by atoms with Crippen LogP contribution >= 0.6 is 35.3 Å². The van der Waals surface area contributed by atoms with E-state index in [0.717, 1.165) is 29.8 Å². The van der Waals surface area contributed by atoms with Crippen LogP contribution in [0.4, 0.5) is 0 Å². The second-order valence-electron chi connectivity index (χ2n) is 6.35.